The number of ether oxygens (including phenoxy) is 2. The van der Waals surface area contributed by atoms with Gasteiger partial charge in [-0.05, 0) is 60.7 Å². The lowest BCUT2D eigenvalue weighted by atomic mass is 10.2. The smallest absolute Gasteiger partial charge is 0.269 e. The third kappa shape index (κ3) is 5.99. The third-order valence-electron chi connectivity index (χ3n) is 4.35. The molecule has 9 nitrogen and oxygen atoms in total. The Kier molecular flexibility index (Phi) is 7.26. The van der Waals surface area contributed by atoms with Crippen molar-refractivity contribution in [3.05, 3.63) is 83.9 Å². The quantitative estimate of drug-likeness (QED) is 0.403. The van der Waals surface area contributed by atoms with Crippen molar-refractivity contribution < 1.29 is 23.9 Å². The molecule has 3 aromatic carbocycles. The Labute approximate surface area is 184 Å². The lowest BCUT2D eigenvalue weighted by Gasteiger charge is -2.12. The highest BCUT2D eigenvalue weighted by Gasteiger charge is 2.09. The van der Waals surface area contributed by atoms with E-state index in [1.807, 2.05) is 12.1 Å². The molecule has 0 unspecified atom stereocenters. The van der Waals surface area contributed by atoms with Crippen molar-refractivity contribution in [2.24, 2.45) is 5.73 Å². The molecule has 0 atom stereocenters. The molecule has 0 bridgehead atoms. The topological polar surface area (TPSA) is 132 Å². The number of hydrazine groups is 1. The fourth-order valence-corrected chi connectivity index (χ4v) is 2.71. The summed E-state index contributed by atoms with van der Waals surface area (Å²) in [4.78, 5) is 35.3. The average Bonchev–Trinajstić information content (AvgIpc) is 2.82. The van der Waals surface area contributed by atoms with E-state index in [-0.39, 0.29) is 6.54 Å². The van der Waals surface area contributed by atoms with Gasteiger partial charge in [0.15, 0.2) is 0 Å². The molecule has 9 heteroatoms. The second kappa shape index (κ2) is 10.5. The van der Waals surface area contributed by atoms with Crippen molar-refractivity contribution in [2.75, 3.05) is 19.0 Å². The molecule has 0 aliphatic rings. The van der Waals surface area contributed by atoms with Crippen LogP contribution in [0.3, 0.4) is 0 Å². The number of anilines is 1. The Morgan fingerprint density at radius 1 is 0.812 bits per heavy atom. The lowest BCUT2D eigenvalue weighted by Crippen LogP contribution is -2.44. The van der Waals surface area contributed by atoms with Crippen LogP contribution >= 0.6 is 0 Å². The number of nitrogens with two attached hydrogens (primary N) is 1. The number of carbonyl (C=O) groups excluding carboxylic acids is 3. The van der Waals surface area contributed by atoms with Crippen molar-refractivity contribution in [1.82, 2.24) is 10.9 Å². The fourth-order valence-electron chi connectivity index (χ4n) is 2.71. The maximum Gasteiger partial charge on any atom is 0.269 e. The minimum Gasteiger partial charge on any atom is -0.495 e. The van der Waals surface area contributed by atoms with Crippen LogP contribution in [0.2, 0.25) is 0 Å². The number of rotatable bonds is 8. The van der Waals surface area contributed by atoms with Crippen molar-refractivity contribution in [2.45, 2.75) is 0 Å². The van der Waals surface area contributed by atoms with E-state index >= 15 is 0 Å². The van der Waals surface area contributed by atoms with Crippen molar-refractivity contribution in [3.8, 4) is 17.2 Å². The molecule has 0 aliphatic heterocycles. The highest BCUT2D eigenvalue weighted by Crippen LogP contribution is 2.23. The highest BCUT2D eigenvalue weighted by molar-refractivity contribution is 5.96. The van der Waals surface area contributed by atoms with Gasteiger partial charge in [-0.1, -0.05) is 12.1 Å². The first-order valence-corrected chi connectivity index (χ1v) is 9.60. The van der Waals surface area contributed by atoms with Gasteiger partial charge in [-0.15, -0.1) is 0 Å². The summed E-state index contributed by atoms with van der Waals surface area (Å²) in [6.45, 7) is -0.0536. The molecule has 164 valence electrons. The van der Waals surface area contributed by atoms with Crippen LogP contribution in [-0.2, 0) is 4.79 Å². The molecule has 3 rings (SSSR count). The van der Waals surface area contributed by atoms with E-state index in [2.05, 4.69) is 16.2 Å². The number of para-hydroxylation sites is 2. The van der Waals surface area contributed by atoms with Crippen molar-refractivity contribution in [1.29, 1.82) is 0 Å². The summed E-state index contributed by atoms with van der Waals surface area (Å²) >= 11 is 0. The van der Waals surface area contributed by atoms with Crippen LogP contribution in [0.25, 0.3) is 0 Å². The van der Waals surface area contributed by atoms with Crippen LogP contribution in [0, 0.1) is 0 Å². The first-order chi connectivity index (χ1) is 15.5. The van der Waals surface area contributed by atoms with Crippen molar-refractivity contribution in [3.63, 3.8) is 0 Å². The van der Waals surface area contributed by atoms with Gasteiger partial charge in [0.05, 0.1) is 19.3 Å². The number of hydrogen-bond acceptors (Lipinski definition) is 6. The summed E-state index contributed by atoms with van der Waals surface area (Å²) in [5.74, 6) is 0.196. The average molecular weight is 434 g/mol. The fraction of sp³-hybridized carbons (Fsp3) is 0.0870. The summed E-state index contributed by atoms with van der Waals surface area (Å²) in [6.07, 6.45) is 0. The lowest BCUT2D eigenvalue weighted by molar-refractivity contribution is -0.120. The van der Waals surface area contributed by atoms with Gasteiger partial charge in [-0.3, -0.25) is 25.2 Å². The normalized spacial score (nSPS) is 10.0. The molecular formula is C23H22N4O5. The molecular weight excluding hydrogens is 412 g/mol. The molecule has 0 radical (unpaired) electrons. The maximum atomic E-state index is 12.2. The number of primary amides is 1. The highest BCUT2D eigenvalue weighted by atomic mass is 16.5. The zero-order valence-corrected chi connectivity index (χ0v) is 17.3. The first kappa shape index (κ1) is 22.2. The predicted molar refractivity (Wildman–Crippen MR) is 119 cm³/mol. The molecule has 0 spiro atoms. The van der Waals surface area contributed by atoms with E-state index in [0.717, 1.165) is 0 Å². The maximum absolute atomic E-state index is 12.2. The predicted octanol–water partition coefficient (Wildman–Crippen LogP) is 2.46. The van der Waals surface area contributed by atoms with Gasteiger partial charge in [-0.2, -0.15) is 0 Å². The standard InChI is InChI=1S/C23H22N4O5/c1-31-20-5-3-2-4-19(20)25-14-21(28)26-27-23(30)16-8-12-18(13-9-16)32-17-10-6-15(7-11-17)22(24)29/h2-13,25H,14H2,1H3,(H2,24,29)(H,26,28)(H,27,30). The van der Waals surface area contributed by atoms with Crippen molar-refractivity contribution >= 4 is 23.4 Å². The van der Waals surface area contributed by atoms with Gasteiger partial charge >= 0.3 is 0 Å². The first-order valence-electron chi connectivity index (χ1n) is 9.60. The summed E-state index contributed by atoms with van der Waals surface area (Å²) in [6, 6.07) is 19.9. The van der Waals surface area contributed by atoms with Gasteiger partial charge in [0.1, 0.15) is 17.2 Å². The van der Waals surface area contributed by atoms with E-state index in [4.69, 9.17) is 15.2 Å². The third-order valence-corrected chi connectivity index (χ3v) is 4.35. The van der Waals surface area contributed by atoms with Gasteiger partial charge < -0.3 is 20.5 Å². The zero-order valence-electron chi connectivity index (χ0n) is 17.3. The van der Waals surface area contributed by atoms with Gasteiger partial charge in [0, 0.05) is 11.1 Å². The van der Waals surface area contributed by atoms with Gasteiger partial charge in [-0.25, -0.2) is 0 Å². The zero-order chi connectivity index (χ0) is 22.9. The van der Waals surface area contributed by atoms with E-state index < -0.39 is 17.7 Å². The number of benzene rings is 3. The Bertz CT molecular complexity index is 1100. The van der Waals surface area contributed by atoms with E-state index in [1.54, 1.807) is 60.7 Å². The second-order valence-corrected chi connectivity index (χ2v) is 6.57. The number of methoxy groups -OCH3 is 1. The van der Waals surface area contributed by atoms with E-state index in [1.165, 1.54) is 7.11 Å². The van der Waals surface area contributed by atoms with Crippen LogP contribution in [-0.4, -0.2) is 31.4 Å². The monoisotopic (exact) mass is 434 g/mol. The minimum absolute atomic E-state index is 0.0536. The second-order valence-electron chi connectivity index (χ2n) is 6.57. The van der Waals surface area contributed by atoms with Gasteiger partial charge in [0.2, 0.25) is 5.91 Å². The number of hydrogen-bond donors (Lipinski definition) is 4. The Hall–Kier alpha value is -4.53. The molecule has 3 amide bonds. The van der Waals surface area contributed by atoms with Crippen LogP contribution < -0.4 is 31.4 Å². The molecule has 32 heavy (non-hydrogen) atoms. The molecule has 0 saturated carbocycles. The summed E-state index contributed by atoms with van der Waals surface area (Å²) in [5, 5.41) is 2.94. The Morgan fingerprint density at radius 3 is 2.00 bits per heavy atom. The SMILES string of the molecule is COc1ccccc1NCC(=O)NNC(=O)c1ccc(Oc2ccc(C(N)=O)cc2)cc1. The molecule has 0 aromatic heterocycles. The van der Waals surface area contributed by atoms with E-state index in [9.17, 15) is 14.4 Å². The van der Waals surface area contributed by atoms with E-state index in [0.29, 0.717) is 34.1 Å². The minimum atomic E-state index is -0.519. The Morgan fingerprint density at radius 2 is 1.41 bits per heavy atom. The van der Waals surface area contributed by atoms with Crippen LogP contribution in [0.1, 0.15) is 20.7 Å². The number of carbonyl (C=O) groups is 3. The molecule has 0 aliphatic carbocycles. The molecule has 3 aromatic rings. The molecule has 0 saturated heterocycles. The largest absolute Gasteiger partial charge is 0.495 e. The molecule has 5 N–H and O–H groups in total. The molecule has 0 heterocycles. The molecule has 0 fully saturated rings. The summed E-state index contributed by atoms with van der Waals surface area (Å²) in [5.41, 5.74) is 11.3. The number of amides is 3. The van der Waals surface area contributed by atoms with Crippen LogP contribution in [0.15, 0.2) is 72.8 Å². The number of nitrogens with one attached hydrogen (secondary N) is 3. The van der Waals surface area contributed by atoms with Crippen LogP contribution in [0.4, 0.5) is 5.69 Å². The summed E-state index contributed by atoms with van der Waals surface area (Å²) < 4.78 is 10.9. The van der Waals surface area contributed by atoms with Crippen LogP contribution in [0.5, 0.6) is 17.2 Å². The summed E-state index contributed by atoms with van der Waals surface area (Å²) in [7, 11) is 1.54. The van der Waals surface area contributed by atoms with Gasteiger partial charge in [0.25, 0.3) is 11.8 Å². The Balaban J connectivity index is 1.47.